The van der Waals surface area contributed by atoms with E-state index in [1.165, 1.54) is 25.9 Å². The molecule has 1 N–H and O–H groups in total. The molecule has 0 aromatic heterocycles. The van der Waals surface area contributed by atoms with Crippen LogP contribution in [0, 0.1) is 5.92 Å². The number of benzene rings is 1. The van der Waals surface area contributed by atoms with E-state index in [0.29, 0.717) is 5.92 Å². The Labute approximate surface area is 170 Å². The fourth-order valence-electron chi connectivity index (χ4n) is 4.06. The van der Waals surface area contributed by atoms with E-state index in [2.05, 4.69) is 34.0 Å². The molecular formula is C22H37N5O. The van der Waals surface area contributed by atoms with Crippen LogP contribution in [0.2, 0.25) is 0 Å². The second-order valence-electron chi connectivity index (χ2n) is 7.96. The van der Waals surface area contributed by atoms with Gasteiger partial charge in [0.05, 0.1) is 0 Å². The van der Waals surface area contributed by atoms with Gasteiger partial charge in [0.15, 0.2) is 5.96 Å². The van der Waals surface area contributed by atoms with Crippen LogP contribution in [0.3, 0.4) is 0 Å². The molecule has 1 aromatic rings. The third kappa shape index (κ3) is 6.67. The van der Waals surface area contributed by atoms with Crippen molar-refractivity contribution in [3.63, 3.8) is 0 Å². The molecule has 156 valence electrons. The highest BCUT2D eigenvalue weighted by Gasteiger charge is 2.21. The van der Waals surface area contributed by atoms with E-state index in [0.717, 1.165) is 64.1 Å². The number of nitrogens with one attached hydrogen (secondary N) is 1. The van der Waals surface area contributed by atoms with E-state index in [-0.39, 0.29) is 0 Å². The molecule has 2 saturated heterocycles. The van der Waals surface area contributed by atoms with Gasteiger partial charge in [-0.1, -0.05) is 18.2 Å². The molecule has 1 atom stereocenters. The third-order valence-corrected chi connectivity index (χ3v) is 5.65. The van der Waals surface area contributed by atoms with Crippen molar-refractivity contribution in [3.05, 3.63) is 30.3 Å². The Morgan fingerprint density at radius 3 is 2.64 bits per heavy atom. The van der Waals surface area contributed by atoms with E-state index < -0.39 is 0 Å². The second-order valence-corrected chi connectivity index (χ2v) is 7.96. The minimum atomic E-state index is 0.698. The van der Waals surface area contributed by atoms with Crippen molar-refractivity contribution in [2.45, 2.75) is 19.8 Å². The molecule has 0 saturated carbocycles. The molecule has 0 amide bonds. The Bertz CT molecular complexity index is 586. The van der Waals surface area contributed by atoms with Crippen LogP contribution in [0.4, 0.5) is 0 Å². The molecule has 28 heavy (non-hydrogen) atoms. The van der Waals surface area contributed by atoms with E-state index in [1.54, 1.807) is 0 Å². The van der Waals surface area contributed by atoms with Gasteiger partial charge in [0.25, 0.3) is 0 Å². The number of hydrogen-bond donors (Lipinski definition) is 1. The molecule has 6 heteroatoms. The van der Waals surface area contributed by atoms with Crippen LogP contribution in [0.15, 0.2) is 35.3 Å². The Balaban J connectivity index is 1.41. The van der Waals surface area contributed by atoms with Gasteiger partial charge in [-0.25, -0.2) is 0 Å². The summed E-state index contributed by atoms with van der Waals surface area (Å²) in [6.45, 7) is 12.3. The van der Waals surface area contributed by atoms with Crippen LogP contribution in [0.5, 0.6) is 5.75 Å². The molecule has 3 rings (SSSR count). The average molecular weight is 388 g/mol. The van der Waals surface area contributed by atoms with Gasteiger partial charge in [0.1, 0.15) is 12.4 Å². The van der Waals surface area contributed by atoms with Crippen molar-refractivity contribution in [1.29, 1.82) is 0 Å². The molecule has 6 nitrogen and oxygen atoms in total. The lowest BCUT2D eigenvalue weighted by atomic mass is 9.99. The molecule has 2 aliphatic rings. The van der Waals surface area contributed by atoms with E-state index in [4.69, 9.17) is 9.73 Å². The molecular weight excluding hydrogens is 350 g/mol. The average Bonchev–Trinajstić information content (AvgIpc) is 2.73. The molecule has 1 unspecified atom stereocenters. The van der Waals surface area contributed by atoms with Gasteiger partial charge < -0.3 is 19.9 Å². The molecule has 2 heterocycles. The van der Waals surface area contributed by atoms with Gasteiger partial charge in [-0.3, -0.25) is 9.89 Å². The first-order chi connectivity index (χ1) is 13.7. The Morgan fingerprint density at radius 2 is 1.93 bits per heavy atom. The molecule has 2 fully saturated rings. The number of aliphatic imine (C=N–C) groups is 1. The number of nitrogens with zero attached hydrogens (tertiary/aromatic N) is 4. The lowest BCUT2D eigenvalue weighted by Crippen LogP contribution is -2.53. The summed E-state index contributed by atoms with van der Waals surface area (Å²) in [4.78, 5) is 12.3. The summed E-state index contributed by atoms with van der Waals surface area (Å²) in [5.41, 5.74) is 0. The summed E-state index contributed by atoms with van der Waals surface area (Å²) in [5, 5.41) is 3.50. The Morgan fingerprint density at radius 1 is 1.14 bits per heavy atom. The zero-order valence-electron chi connectivity index (χ0n) is 17.6. The molecule has 1 aromatic carbocycles. The fourth-order valence-corrected chi connectivity index (χ4v) is 4.06. The van der Waals surface area contributed by atoms with Crippen LogP contribution in [0.1, 0.15) is 19.8 Å². The quantitative estimate of drug-likeness (QED) is 0.573. The van der Waals surface area contributed by atoms with Gasteiger partial charge in [0, 0.05) is 52.4 Å². The summed E-state index contributed by atoms with van der Waals surface area (Å²) in [6, 6.07) is 10.1. The standard InChI is InChI=1S/C22H37N5O/c1-3-23-22(24-18-20-8-7-11-25(2)19-20)27-14-12-26(13-15-27)16-17-28-21-9-5-4-6-10-21/h4-6,9-10,20H,3,7-8,11-19H2,1-2H3,(H,23,24). The SMILES string of the molecule is CCNC(=NCC1CCCN(C)C1)N1CCN(CCOc2ccccc2)CC1. The van der Waals surface area contributed by atoms with Crippen LogP contribution >= 0.6 is 0 Å². The number of piperidine rings is 1. The van der Waals surface area contributed by atoms with Gasteiger partial charge in [0.2, 0.25) is 0 Å². The summed E-state index contributed by atoms with van der Waals surface area (Å²) < 4.78 is 5.84. The Hall–Kier alpha value is -1.79. The van der Waals surface area contributed by atoms with Crippen molar-refractivity contribution >= 4 is 5.96 Å². The molecule has 0 radical (unpaired) electrons. The highest BCUT2D eigenvalue weighted by molar-refractivity contribution is 5.80. The van der Waals surface area contributed by atoms with Crippen LogP contribution in [-0.2, 0) is 0 Å². The monoisotopic (exact) mass is 387 g/mol. The maximum atomic E-state index is 5.84. The third-order valence-electron chi connectivity index (χ3n) is 5.65. The van der Waals surface area contributed by atoms with Crippen LogP contribution in [0.25, 0.3) is 0 Å². The minimum absolute atomic E-state index is 0.698. The second kappa shape index (κ2) is 11.3. The summed E-state index contributed by atoms with van der Waals surface area (Å²) >= 11 is 0. The van der Waals surface area contributed by atoms with Crippen molar-refractivity contribution in [2.75, 3.05) is 72.6 Å². The fraction of sp³-hybridized carbons (Fsp3) is 0.682. The normalized spacial score (nSPS) is 22.3. The molecule has 0 spiro atoms. The zero-order valence-corrected chi connectivity index (χ0v) is 17.6. The molecule has 0 bridgehead atoms. The number of hydrogen-bond acceptors (Lipinski definition) is 4. The van der Waals surface area contributed by atoms with Crippen molar-refractivity contribution < 1.29 is 4.74 Å². The maximum absolute atomic E-state index is 5.84. The minimum Gasteiger partial charge on any atom is -0.492 e. The van der Waals surface area contributed by atoms with E-state index in [1.807, 2.05) is 30.3 Å². The first-order valence-corrected chi connectivity index (χ1v) is 10.9. The summed E-state index contributed by atoms with van der Waals surface area (Å²) in [5.74, 6) is 2.75. The van der Waals surface area contributed by atoms with Gasteiger partial charge in [-0.05, 0) is 51.4 Å². The first kappa shape index (κ1) is 20.9. The van der Waals surface area contributed by atoms with E-state index >= 15 is 0 Å². The van der Waals surface area contributed by atoms with Crippen LogP contribution < -0.4 is 10.1 Å². The zero-order chi connectivity index (χ0) is 19.6. The number of rotatable bonds is 7. The predicted molar refractivity (Wildman–Crippen MR) is 116 cm³/mol. The number of piperazine rings is 1. The highest BCUT2D eigenvalue weighted by Crippen LogP contribution is 2.15. The first-order valence-electron chi connectivity index (χ1n) is 10.9. The van der Waals surface area contributed by atoms with Gasteiger partial charge in [-0.15, -0.1) is 0 Å². The highest BCUT2D eigenvalue weighted by atomic mass is 16.5. The van der Waals surface area contributed by atoms with E-state index in [9.17, 15) is 0 Å². The molecule has 0 aliphatic carbocycles. The van der Waals surface area contributed by atoms with Crippen molar-refractivity contribution in [2.24, 2.45) is 10.9 Å². The summed E-state index contributed by atoms with van der Waals surface area (Å²) in [6.07, 6.45) is 2.61. The largest absolute Gasteiger partial charge is 0.492 e. The van der Waals surface area contributed by atoms with Crippen molar-refractivity contribution in [3.8, 4) is 5.75 Å². The van der Waals surface area contributed by atoms with Crippen molar-refractivity contribution in [1.82, 2.24) is 20.0 Å². The number of para-hydroxylation sites is 1. The predicted octanol–water partition coefficient (Wildman–Crippen LogP) is 1.99. The topological polar surface area (TPSA) is 43.3 Å². The van der Waals surface area contributed by atoms with Gasteiger partial charge >= 0.3 is 0 Å². The lowest BCUT2D eigenvalue weighted by Gasteiger charge is -2.36. The Kier molecular flexibility index (Phi) is 8.42. The van der Waals surface area contributed by atoms with Crippen LogP contribution in [-0.4, -0.2) is 93.2 Å². The van der Waals surface area contributed by atoms with Gasteiger partial charge in [-0.2, -0.15) is 0 Å². The smallest absolute Gasteiger partial charge is 0.194 e. The molecule has 2 aliphatic heterocycles. The number of ether oxygens (including phenoxy) is 1. The lowest BCUT2D eigenvalue weighted by molar-refractivity contribution is 0.152. The number of likely N-dealkylation sites (tertiary alicyclic amines) is 1. The number of guanidine groups is 1. The maximum Gasteiger partial charge on any atom is 0.194 e. The summed E-state index contributed by atoms with van der Waals surface area (Å²) in [7, 11) is 2.22.